The molecule has 2 aromatic heterocycles. The summed E-state index contributed by atoms with van der Waals surface area (Å²) >= 11 is 0. The molecular weight excluding hydrogens is 176 g/mol. The highest BCUT2D eigenvalue weighted by molar-refractivity contribution is 5.68. The van der Waals surface area contributed by atoms with E-state index in [2.05, 4.69) is 19.9 Å². The number of fused-ring (bicyclic) bond motifs is 1. The molecule has 0 atom stereocenters. The fourth-order valence-electron chi connectivity index (χ4n) is 2.13. The van der Waals surface area contributed by atoms with Gasteiger partial charge in [-0.1, -0.05) is 12.8 Å². The molecule has 3 rings (SSSR count). The van der Waals surface area contributed by atoms with E-state index < -0.39 is 0 Å². The summed E-state index contributed by atoms with van der Waals surface area (Å²) in [6.45, 7) is 0. The molecule has 0 unspecified atom stereocenters. The number of aromatic amines is 1. The van der Waals surface area contributed by atoms with Gasteiger partial charge in [0.25, 0.3) is 0 Å². The van der Waals surface area contributed by atoms with Crippen LogP contribution in [0.25, 0.3) is 11.2 Å². The van der Waals surface area contributed by atoms with Gasteiger partial charge >= 0.3 is 0 Å². The van der Waals surface area contributed by atoms with Crippen molar-refractivity contribution in [2.75, 3.05) is 0 Å². The van der Waals surface area contributed by atoms with Gasteiger partial charge in [0.2, 0.25) is 0 Å². The van der Waals surface area contributed by atoms with E-state index in [1.807, 2.05) is 6.20 Å². The Bertz CT molecular complexity index is 442. The van der Waals surface area contributed by atoms with Crippen LogP contribution in [0.5, 0.6) is 0 Å². The van der Waals surface area contributed by atoms with Gasteiger partial charge in [-0.25, -0.2) is 15.0 Å². The topological polar surface area (TPSA) is 54.5 Å². The Morgan fingerprint density at radius 3 is 2.93 bits per heavy atom. The number of H-pyrrole nitrogens is 1. The Labute approximate surface area is 81.8 Å². The lowest BCUT2D eigenvalue weighted by Gasteiger charge is -2.05. The summed E-state index contributed by atoms with van der Waals surface area (Å²) in [6.07, 6.45) is 8.58. The van der Waals surface area contributed by atoms with E-state index in [4.69, 9.17) is 0 Å². The van der Waals surface area contributed by atoms with Crippen molar-refractivity contribution in [1.82, 2.24) is 19.9 Å². The molecule has 1 aliphatic rings. The number of nitrogens with zero attached hydrogens (tertiary/aromatic N) is 3. The van der Waals surface area contributed by atoms with E-state index >= 15 is 0 Å². The van der Waals surface area contributed by atoms with Crippen LogP contribution in [0.2, 0.25) is 0 Å². The lowest BCUT2D eigenvalue weighted by molar-refractivity contribution is 0.671. The summed E-state index contributed by atoms with van der Waals surface area (Å²) in [5.41, 5.74) is 1.72. The summed E-state index contributed by atoms with van der Waals surface area (Å²) in [5.74, 6) is 1.56. The van der Waals surface area contributed by atoms with Crippen molar-refractivity contribution >= 4 is 11.2 Å². The van der Waals surface area contributed by atoms with Gasteiger partial charge in [0.15, 0.2) is 5.65 Å². The van der Waals surface area contributed by atoms with Crippen LogP contribution >= 0.6 is 0 Å². The number of imidazole rings is 1. The number of aromatic nitrogens is 4. The first kappa shape index (κ1) is 7.91. The Morgan fingerprint density at radius 2 is 2.07 bits per heavy atom. The molecular formula is C10H12N4. The predicted molar refractivity (Wildman–Crippen MR) is 52.9 cm³/mol. The molecule has 0 spiro atoms. The first-order chi connectivity index (χ1) is 6.93. The number of hydrogen-bond acceptors (Lipinski definition) is 3. The highest BCUT2D eigenvalue weighted by Gasteiger charge is 2.19. The first-order valence-corrected chi connectivity index (χ1v) is 5.09. The fourth-order valence-corrected chi connectivity index (χ4v) is 2.13. The van der Waals surface area contributed by atoms with Crippen molar-refractivity contribution in [2.45, 2.75) is 31.6 Å². The lowest BCUT2D eigenvalue weighted by atomic mass is 10.1. The summed E-state index contributed by atoms with van der Waals surface area (Å²) in [4.78, 5) is 16.0. The van der Waals surface area contributed by atoms with Gasteiger partial charge in [-0.15, -0.1) is 0 Å². The molecule has 0 bridgehead atoms. The third-order valence-electron chi connectivity index (χ3n) is 2.91. The molecule has 1 fully saturated rings. The molecule has 0 saturated heterocycles. The van der Waals surface area contributed by atoms with Crippen LogP contribution in [0.1, 0.15) is 37.4 Å². The Balaban J connectivity index is 2.04. The highest BCUT2D eigenvalue weighted by Crippen LogP contribution is 2.32. The van der Waals surface area contributed by atoms with Crippen LogP contribution in [0.15, 0.2) is 12.5 Å². The van der Waals surface area contributed by atoms with Crippen LogP contribution in [0, 0.1) is 0 Å². The molecule has 72 valence electrons. The quantitative estimate of drug-likeness (QED) is 0.744. The lowest BCUT2D eigenvalue weighted by Crippen LogP contribution is -1.99. The SMILES string of the molecule is c1nc2cnc(C3CCCC3)nc2[nH]1. The highest BCUT2D eigenvalue weighted by atomic mass is 15.0. The summed E-state index contributed by atoms with van der Waals surface area (Å²) in [5, 5.41) is 0. The maximum atomic E-state index is 4.49. The smallest absolute Gasteiger partial charge is 0.160 e. The van der Waals surface area contributed by atoms with E-state index in [0.29, 0.717) is 5.92 Å². The average molecular weight is 188 g/mol. The van der Waals surface area contributed by atoms with Crippen molar-refractivity contribution in [3.8, 4) is 0 Å². The van der Waals surface area contributed by atoms with Crippen molar-refractivity contribution in [1.29, 1.82) is 0 Å². The minimum Gasteiger partial charge on any atom is -0.329 e. The maximum absolute atomic E-state index is 4.49. The first-order valence-electron chi connectivity index (χ1n) is 5.09. The van der Waals surface area contributed by atoms with Crippen LogP contribution in [-0.4, -0.2) is 19.9 Å². The second-order valence-electron chi connectivity index (χ2n) is 3.85. The Hall–Kier alpha value is -1.45. The molecule has 0 amide bonds. The monoisotopic (exact) mass is 188 g/mol. The zero-order valence-electron chi connectivity index (χ0n) is 7.90. The molecule has 2 aromatic rings. The molecule has 2 heterocycles. The van der Waals surface area contributed by atoms with Gasteiger partial charge < -0.3 is 4.98 Å². The third kappa shape index (κ3) is 1.18. The van der Waals surface area contributed by atoms with Crippen molar-refractivity contribution in [3.63, 3.8) is 0 Å². The summed E-state index contributed by atoms with van der Waals surface area (Å²) in [7, 11) is 0. The second kappa shape index (κ2) is 3.04. The van der Waals surface area contributed by atoms with Crippen LogP contribution in [0.4, 0.5) is 0 Å². The number of hydrogen-bond donors (Lipinski definition) is 1. The van der Waals surface area contributed by atoms with E-state index in [0.717, 1.165) is 17.0 Å². The molecule has 0 aliphatic heterocycles. The average Bonchev–Trinajstić information content (AvgIpc) is 2.88. The van der Waals surface area contributed by atoms with Crippen LogP contribution in [0.3, 0.4) is 0 Å². The van der Waals surface area contributed by atoms with Gasteiger partial charge in [-0.3, -0.25) is 0 Å². The molecule has 4 heteroatoms. The van der Waals surface area contributed by atoms with Crippen LogP contribution < -0.4 is 0 Å². The zero-order valence-corrected chi connectivity index (χ0v) is 7.90. The Morgan fingerprint density at radius 1 is 1.21 bits per heavy atom. The number of nitrogens with one attached hydrogen (secondary N) is 1. The Kier molecular flexibility index (Phi) is 1.72. The van der Waals surface area contributed by atoms with Crippen molar-refractivity contribution in [2.24, 2.45) is 0 Å². The van der Waals surface area contributed by atoms with Gasteiger partial charge in [0, 0.05) is 5.92 Å². The largest absolute Gasteiger partial charge is 0.329 e. The molecule has 4 nitrogen and oxygen atoms in total. The number of rotatable bonds is 1. The fraction of sp³-hybridized carbons (Fsp3) is 0.500. The van der Waals surface area contributed by atoms with E-state index in [9.17, 15) is 0 Å². The zero-order chi connectivity index (χ0) is 9.38. The standard InChI is InChI=1S/C10H12N4/c1-2-4-7(3-1)9-11-5-8-10(14-9)13-6-12-8/h5-7H,1-4H2,(H,11,12,13,14). The van der Waals surface area contributed by atoms with Gasteiger partial charge in [-0.05, 0) is 12.8 Å². The normalized spacial score (nSPS) is 18.0. The van der Waals surface area contributed by atoms with E-state index in [1.165, 1.54) is 25.7 Å². The maximum Gasteiger partial charge on any atom is 0.160 e. The predicted octanol–water partition coefficient (Wildman–Crippen LogP) is 2.01. The minimum absolute atomic E-state index is 0.572. The third-order valence-corrected chi connectivity index (χ3v) is 2.91. The molecule has 1 aliphatic carbocycles. The molecule has 0 aromatic carbocycles. The second-order valence-corrected chi connectivity index (χ2v) is 3.85. The van der Waals surface area contributed by atoms with Gasteiger partial charge in [-0.2, -0.15) is 0 Å². The molecule has 14 heavy (non-hydrogen) atoms. The van der Waals surface area contributed by atoms with Gasteiger partial charge in [0.1, 0.15) is 11.3 Å². The van der Waals surface area contributed by atoms with Crippen LogP contribution in [-0.2, 0) is 0 Å². The molecule has 1 saturated carbocycles. The summed E-state index contributed by atoms with van der Waals surface area (Å²) in [6, 6.07) is 0. The molecule has 0 radical (unpaired) electrons. The van der Waals surface area contributed by atoms with Gasteiger partial charge in [0.05, 0.1) is 12.5 Å². The molecule has 1 N–H and O–H groups in total. The summed E-state index contributed by atoms with van der Waals surface area (Å²) < 4.78 is 0. The van der Waals surface area contributed by atoms with Crippen molar-refractivity contribution < 1.29 is 0 Å². The van der Waals surface area contributed by atoms with E-state index in [1.54, 1.807) is 6.33 Å². The van der Waals surface area contributed by atoms with E-state index in [-0.39, 0.29) is 0 Å². The minimum atomic E-state index is 0.572. The van der Waals surface area contributed by atoms with Crippen molar-refractivity contribution in [3.05, 3.63) is 18.3 Å².